The molecule has 1 aromatic heterocycles. The average Bonchev–Trinajstić information content (AvgIpc) is 2.89. The van der Waals surface area contributed by atoms with Gasteiger partial charge in [0.05, 0.1) is 17.1 Å². The van der Waals surface area contributed by atoms with Crippen molar-refractivity contribution >= 4 is 34.8 Å². The van der Waals surface area contributed by atoms with Crippen LogP contribution in [0, 0.1) is 0 Å². The molecule has 0 aliphatic rings. The summed E-state index contributed by atoms with van der Waals surface area (Å²) >= 11 is 7.03. The molecule has 0 radical (unpaired) electrons. The number of nitrogens with one attached hydrogen (secondary N) is 1. The molecule has 2 N–H and O–H groups in total. The molecule has 7 heteroatoms. The van der Waals surface area contributed by atoms with Gasteiger partial charge in [-0.25, -0.2) is 9.78 Å². The molecule has 0 saturated carbocycles. The minimum atomic E-state index is -1.05. The predicted molar refractivity (Wildman–Crippen MR) is 94.8 cm³/mol. The Morgan fingerprint density at radius 3 is 2.62 bits per heavy atom. The molecule has 1 amide bonds. The van der Waals surface area contributed by atoms with Gasteiger partial charge in [0.15, 0.2) is 0 Å². The van der Waals surface area contributed by atoms with E-state index in [0.717, 1.165) is 16.9 Å². The van der Waals surface area contributed by atoms with Gasteiger partial charge in [-0.3, -0.25) is 4.79 Å². The zero-order valence-electron chi connectivity index (χ0n) is 13.7. The zero-order valence-corrected chi connectivity index (χ0v) is 15.3. The van der Waals surface area contributed by atoms with Gasteiger partial charge in [-0.2, -0.15) is 0 Å². The van der Waals surface area contributed by atoms with E-state index in [1.54, 1.807) is 12.1 Å². The summed E-state index contributed by atoms with van der Waals surface area (Å²) in [6.45, 7) is 6.21. The molecule has 5 nitrogen and oxygen atoms in total. The van der Waals surface area contributed by atoms with E-state index in [1.807, 2.05) is 32.9 Å². The maximum absolute atomic E-state index is 12.1. The molecule has 128 valence electrons. The van der Waals surface area contributed by atoms with E-state index in [9.17, 15) is 14.7 Å². The van der Waals surface area contributed by atoms with Gasteiger partial charge in [-0.15, -0.1) is 11.3 Å². The lowest BCUT2D eigenvalue weighted by atomic mass is 9.98. The topological polar surface area (TPSA) is 79.3 Å². The molecule has 0 aliphatic heterocycles. The largest absolute Gasteiger partial charge is 0.477 e. The Morgan fingerprint density at radius 1 is 1.33 bits per heavy atom. The molecule has 0 aliphatic carbocycles. The fraction of sp³-hybridized carbons (Fsp3) is 0.353. The van der Waals surface area contributed by atoms with Gasteiger partial charge in [0.2, 0.25) is 5.91 Å². The van der Waals surface area contributed by atoms with Crippen molar-refractivity contribution < 1.29 is 14.7 Å². The highest BCUT2D eigenvalue weighted by atomic mass is 35.5. The number of hydrogen-bond acceptors (Lipinski definition) is 4. The molecule has 0 unspecified atom stereocenters. The van der Waals surface area contributed by atoms with E-state index in [1.165, 1.54) is 0 Å². The zero-order chi connectivity index (χ0) is 17.9. The van der Waals surface area contributed by atoms with E-state index < -0.39 is 5.97 Å². The van der Waals surface area contributed by atoms with Gasteiger partial charge in [-0.05, 0) is 17.7 Å². The van der Waals surface area contributed by atoms with Crippen molar-refractivity contribution in [2.45, 2.75) is 39.2 Å². The van der Waals surface area contributed by atoms with Gasteiger partial charge in [-0.1, -0.05) is 44.5 Å². The second kappa shape index (κ2) is 7.32. The number of nitrogens with zero attached hydrogens (tertiary/aromatic N) is 1. The molecule has 0 spiro atoms. The van der Waals surface area contributed by atoms with Crippen LogP contribution in [0.5, 0.6) is 0 Å². The number of thiazole rings is 1. The normalized spacial score (nSPS) is 11.3. The number of rotatable bonds is 5. The third-order valence-electron chi connectivity index (χ3n) is 3.24. The van der Waals surface area contributed by atoms with Crippen molar-refractivity contribution in [3.63, 3.8) is 0 Å². The second-order valence-electron chi connectivity index (χ2n) is 6.43. The summed E-state index contributed by atoms with van der Waals surface area (Å²) < 4.78 is 0. The van der Waals surface area contributed by atoms with Crippen LogP contribution in [0.2, 0.25) is 5.02 Å². The fourth-order valence-corrected chi connectivity index (χ4v) is 3.21. The monoisotopic (exact) mass is 366 g/mol. The van der Waals surface area contributed by atoms with Gasteiger partial charge in [0.25, 0.3) is 0 Å². The Hall–Kier alpha value is -1.92. The first-order valence-electron chi connectivity index (χ1n) is 7.41. The summed E-state index contributed by atoms with van der Waals surface area (Å²) in [4.78, 5) is 28.0. The Labute approximate surface area is 149 Å². The van der Waals surface area contributed by atoms with Crippen LogP contribution < -0.4 is 5.32 Å². The van der Waals surface area contributed by atoms with E-state index in [2.05, 4.69) is 10.3 Å². The molecule has 0 bridgehead atoms. The van der Waals surface area contributed by atoms with E-state index in [4.69, 9.17) is 11.6 Å². The minimum Gasteiger partial charge on any atom is -0.477 e. The molecular weight excluding hydrogens is 348 g/mol. The van der Waals surface area contributed by atoms with Crippen molar-refractivity contribution in [3.05, 3.63) is 50.4 Å². The highest BCUT2D eigenvalue weighted by Crippen LogP contribution is 2.29. The summed E-state index contributed by atoms with van der Waals surface area (Å²) in [6.07, 6.45) is -0.0607. The number of aromatic carboxylic acids is 1. The van der Waals surface area contributed by atoms with Crippen LogP contribution in [0.25, 0.3) is 0 Å². The van der Waals surface area contributed by atoms with E-state index in [-0.39, 0.29) is 22.6 Å². The van der Waals surface area contributed by atoms with Crippen molar-refractivity contribution in [3.8, 4) is 0 Å². The standard InChI is InChI=1S/C17H19ClN2O3S/c1-17(2,3)16-20-12(14(24-16)15(22)23)8-13(21)19-9-10-5-4-6-11(18)7-10/h4-7H,8-9H2,1-3H3,(H,19,21)(H,22,23). The third-order valence-corrected chi connectivity index (χ3v) is 4.99. The van der Waals surface area contributed by atoms with Crippen LogP contribution >= 0.6 is 22.9 Å². The van der Waals surface area contributed by atoms with Crippen LogP contribution in [0.4, 0.5) is 0 Å². The first-order valence-corrected chi connectivity index (χ1v) is 8.61. The Bertz CT molecular complexity index is 765. The fourth-order valence-electron chi connectivity index (χ4n) is 2.02. The van der Waals surface area contributed by atoms with Crippen molar-refractivity contribution in [2.75, 3.05) is 0 Å². The van der Waals surface area contributed by atoms with Gasteiger partial charge < -0.3 is 10.4 Å². The summed E-state index contributed by atoms with van der Waals surface area (Å²) in [5.74, 6) is -1.33. The predicted octanol–water partition coefficient (Wildman–Crippen LogP) is 3.65. The van der Waals surface area contributed by atoms with Gasteiger partial charge in [0, 0.05) is 17.0 Å². The lowest BCUT2D eigenvalue weighted by Gasteiger charge is -2.13. The number of aromatic nitrogens is 1. The first-order chi connectivity index (χ1) is 11.2. The summed E-state index contributed by atoms with van der Waals surface area (Å²) in [6, 6.07) is 7.19. The summed E-state index contributed by atoms with van der Waals surface area (Å²) in [7, 11) is 0. The molecule has 2 aromatic rings. The number of hydrogen-bond donors (Lipinski definition) is 2. The molecule has 24 heavy (non-hydrogen) atoms. The first kappa shape index (κ1) is 18.4. The maximum atomic E-state index is 12.1. The molecular formula is C17H19ClN2O3S. The number of carbonyl (C=O) groups is 2. The lowest BCUT2D eigenvalue weighted by Crippen LogP contribution is -2.25. The average molecular weight is 367 g/mol. The highest BCUT2D eigenvalue weighted by Gasteiger charge is 2.25. The quantitative estimate of drug-likeness (QED) is 0.846. The van der Waals surface area contributed by atoms with Crippen LogP contribution in [0.3, 0.4) is 0 Å². The summed E-state index contributed by atoms with van der Waals surface area (Å²) in [5.41, 5.74) is 0.925. The Balaban J connectivity index is 2.08. The highest BCUT2D eigenvalue weighted by molar-refractivity contribution is 7.13. The number of carboxylic acids is 1. The van der Waals surface area contributed by atoms with Gasteiger partial charge in [0.1, 0.15) is 4.88 Å². The second-order valence-corrected chi connectivity index (χ2v) is 7.87. The molecule has 2 rings (SSSR count). The lowest BCUT2D eigenvalue weighted by molar-refractivity contribution is -0.120. The van der Waals surface area contributed by atoms with Crippen LogP contribution in [-0.4, -0.2) is 22.0 Å². The Kier molecular flexibility index (Phi) is 5.62. The van der Waals surface area contributed by atoms with Crippen molar-refractivity contribution in [1.29, 1.82) is 0 Å². The molecule has 1 aromatic carbocycles. The molecule has 0 atom stereocenters. The number of amides is 1. The number of halogens is 1. The number of carbonyl (C=O) groups excluding carboxylic acids is 1. The third kappa shape index (κ3) is 4.79. The van der Waals surface area contributed by atoms with Crippen molar-refractivity contribution in [1.82, 2.24) is 10.3 Å². The van der Waals surface area contributed by atoms with Gasteiger partial charge >= 0.3 is 5.97 Å². The maximum Gasteiger partial charge on any atom is 0.347 e. The summed E-state index contributed by atoms with van der Waals surface area (Å²) in [5, 5.41) is 13.4. The van der Waals surface area contributed by atoms with Crippen LogP contribution in [-0.2, 0) is 23.2 Å². The van der Waals surface area contributed by atoms with Crippen LogP contribution in [0.15, 0.2) is 24.3 Å². The van der Waals surface area contributed by atoms with Crippen molar-refractivity contribution in [2.24, 2.45) is 0 Å². The molecule has 1 heterocycles. The SMILES string of the molecule is CC(C)(C)c1nc(CC(=O)NCc2cccc(Cl)c2)c(C(=O)O)s1. The number of benzene rings is 1. The van der Waals surface area contributed by atoms with E-state index in [0.29, 0.717) is 22.3 Å². The number of carboxylic acid groups (broad SMARTS) is 1. The molecule has 0 saturated heterocycles. The minimum absolute atomic E-state index is 0.0607. The Morgan fingerprint density at radius 2 is 2.04 bits per heavy atom. The smallest absolute Gasteiger partial charge is 0.347 e. The molecule has 0 fully saturated rings. The van der Waals surface area contributed by atoms with E-state index >= 15 is 0 Å². The van der Waals surface area contributed by atoms with Crippen LogP contribution in [0.1, 0.15) is 46.7 Å².